The molecule has 0 aliphatic heterocycles. The minimum absolute atomic E-state index is 0.630. The van der Waals surface area contributed by atoms with Gasteiger partial charge in [0.05, 0.1) is 22.4 Å². The Labute approximate surface area is 219 Å². The lowest BCUT2D eigenvalue weighted by Crippen LogP contribution is -2.20. The maximum atomic E-state index is 4.98. The number of hydrogen-bond donors (Lipinski definition) is 3. The summed E-state index contributed by atoms with van der Waals surface area (Å²) in [5.41, 5.74) is 7.76. The zero-order valence-electron chi connectivity index (χ0n) is 21.1. The fourth-order valence-corrected chi connectivity index (χ4v) is 5.34. The lowest BCUT2D eigenvalue weighted by molar-refractivity contribution is 0.489. The molecule has 6 aromatic heterocycles. The molecule has 0 amide bonds. The van der Waals surface area contributed by atoms with E-state index < -0.39 is 0 Å². The van der Waals surface area contributed by atoms with Crippen LogP contribution in [0.4, 0.5) is 0 Å². The van der Waals surface area contributed by atoms with Crippen molar-refractivity contribution in [2.24, 2.45) is 5.92 Å². The first-order valence-electron chi connectivity index (χ1n) is 13.1. The van der Waals surface area contributed by atoms with Crippen LogP contribution >= 0.6 is 0 Å². The maximum Gasteiger partial charge on any atom is 0.166 e. The molecule has 0 bridgehead atoms. The van der Waals surface area contributed by atoms with Gasteiger partial charge in [-0.05, 0) is 62.1 Å². The van der Waals surface area contributed by atoms with Crippen molar-refractivity contribution in [3.63, 3.8) is 0 Å². The van der Waals surface area contributed by atoms with Crippen molar-refractivity contribution in [2.45, 2.75) is 39.2 Å². The summed E-state index contributed by atoms with van der Waals surface area (Å²) in [4.78, 5) is 26.6. The number of imidazole rings is 2. The molecule has 7 rings (SSSR count). The van der Waals surface area contributed by atoms with E-state index in [1.54, 1.807) is 12.5 Å². The van der Waals surface area contributed by atoms with Gasteiger partial charge >= 0.3 is 0 Å². The topological polar surface area (TPSA) is 126 Å². The maximum absolute atomic E-state index is 4.98. The minimum Gasteiger partial charge on any atom is -0.336 e. The van der Waals surface area contributed by atoms with Crippen LogP contribution in [0.2, 0.25) is 0 Å². The Kier molecular flexibility index (Phi) is 5.66. The molecule has 1 aliphatic rings. The number of aromatic nitrogens is 9. The lowest BCUT2D eigenvalue weighted by Gasteiger charge is -2.11. The number of rotatable bonds is 7. The van der Waals surface area contributed by atoms with E-state index in [0.717, 1.165) is 63.6 Å². The third-order valence-electron chi connectivity index (χ3n) is 7.30. The molecule has 0 atom stereocenters. The molecule has 0 spiro atoms. The highest BCUT2D eigenvalue weighted by molar-refractivity contribution is 5.92. The van der Waals surface area contributed by atoms with Gasteiger partial charge in [0, 0.05) is 36.9 Å². The van der Waals surface area contributed by atoms with Gasteiger partial charge in [0.1, 0.15) is 17.4 Å². The zero-order valence-corrected chi connectivity index (χ0v) is 21.1. The first kappa shape index (κ1) is 22.7. The van der Waals surface area contributed by atoms with Crippen molar-refractivity contribution >= 4 is 22.1 Å². The van der Waals surface area contributed by atoms with E-state index in [4.69, 9.17) is 9.97 Å². The van der Waals surface area contributed by atoms with Crippen molar-refractivity contribution < 1.29 is 0 Å². The molecule has 6 aromatic rings. The molecule has 0 radical (unpaired) electrons. The second kappa shape index (κ2) is 9.46. The molecule has 6 heterocycles. The number of pyridine rings is 3. The van der Waals surface area contributed by atoms with Crippen LogP contribution in [0.15, 0.2) is 55.4 Å². The normalized spacial score (nSPS) is 14.2. The predicted octanol–water partition coefficient (Wildman–Crippen LogP) is 4.73. The van der Waals surface area contributed by atoms with Crippen molar-refractivity contribution in [3.05, 3.63) is 66.6 Å². The third-order valence-corrected chi connectivity index (χ3v) is 7.30. The summed E-state index contributed by atoms with van der Waals surface area (Å²) in [5, 5.41) is 11.3. The van der Waals surface area contributed by atoms with Gasteiger partial charge in [0.25, 0.3) is 0 Å². The Hall–Kier alpha value is -4.44. The second-order valence-electron chi connectivity index (χ2n) is 10.1. The average molecular weight is 505 g/mol. The van der Waals surface area contributed by atoms with Crippen LogP contribution in [0.1, 0.15) is 36.9 Å². The number of nitrogens with one attached hydrogen (secondary N) is 3. The number of aryl methyl sites for hydroxylation is 1. The SMILES string of the molecule is Cc1cn(-c2nccc3[nH]c(-c4n[nH]c5ccc(-c6cncc(CNCC7CCCC7)c6)nc45)nc23)cn1. The van der Waals surface area contributed by atoms with Crippen LogP contribution in [-0.2, 0) is 6.54 Å². The number of nitrogens with zero attached hydrogens (tertiary/aromatic N) is 7. The van der Waals surface area contributed by atoms with E-state index in [-0.39, 0.29) is 0 Å². The van der Waals surface area contributed by atoms with Crippen molar-refractivity contribution in [2.75, 3.05) is 6.54 Å². The van der Waals surface area contributed by atoms with Crippen LogP contribution in [0, 0.1) is 12.8 Å². The standard InChI is InChI=1S/C28H28N10/c1-17-15-38(16-32-17)28-25-22(8-9-31-28)34-27(35-25)26-24-23(36-37-26)7-6-21(33-24)20-10-19(13-30-14-20)12-29-11-18-4-2-3-5-18/h6-10,13-16,18,29H,2-5,11-12H2,1H3,(H,34,35)(H,36,37). The molecule has 1 saturated carbocycles. The van der Waals surface area contributed by atoms with Crippen LogP contribution in [0.25, 0.3) is 50.7 Å². The lowest BCUT2D eigenvalue weighted by atomic mass is 10.1. The predicted molar refractivity (Wildman–Crippen MR) is 146 cm³/mol. The van der Waals surface area contributed by atoms with Gasteiger partial charge in [-0.3, -0.25) is 14.6 Å². The Morgan fingerprint density at radius 3 is 2.82 bits per heavy atom. The van der Waals surface area contributed by atoms with Gasteiger partial charge in [-0.1, -0.05) is 12.8 Å². The molecule has 0 aromatic carbocycles. The summed E-state index contributed by atoms with van der Waals surface area (Å²) in [6.07, 6.45) is 14.6. The van der Waals surface area contributed by atoms with E-state index in [0.29, 0.717) is 17.3 Å². The van der Waals surface area contributed by atoms with Crippen LogP contribution < -0.4 is 5.32 Å². The number of hydrogen-bond acceptors (Lipinski definition) is 7. The molecule has 1 fully saturated rings. The fourth-order valence-electron chi connectivity index (χ4n) is 5.34. The summed E-state index contributed by atoms with van der Waals surface area (Å²) < 4.78 is 1.88. The largest absolute Gasteiger partial charge is 0.336 e. The summed E-state index contributed by atoms with van der Waals surface area (Å²) in [6.45, 7) is 3.83. The summed E-state index contributed by atoms with van der Waals surface area (Å²) >= 11 is 0. The number of fused-ring (bicyclic) bond motifs is 2. The highest BCUT2D eigenvalue weighted by atomic mass is 15.2. The van der Waals surface area contributed by atoms with Gasteiger partial charge in [0.2, 0.25) is 0 Å². The average Bonchev–Trinajstić information content (AvgIpc) is 3.74. The number of H-pyrrole nitrogens is 2. The van der Waals surface area contributed by atoms with Gasteiger partial charge in [-0.25, -0.2) is 19.9 Å². The summed E-state index contributed by atoms with van der Waals surface area (Å²) in [5.74, 6) is 2.15. The summed E-state index contributed by atoms with van der Waals surface area (Å²) in [7, 11) is 0. The van der Waals surface area contributed by atoms with Crippen LogP contribution in [0.5, 0.6) is 0 Å². The quantitative estimate of drug-likeness (QED) is 0.287. The van der Waals surface area contributed by atoms with Crippen molar-refractivity contribution in [1.29, 1.82) is 0 Å². The fraction of sp³-hybridized carbons (Fsp3) is 0.286. The Morgan fingerprint density at radius 2 is 1.95 bits per heavy atom. The van der Waals surface area contributed by atoms with E-state index in [1.807, 2.05) is 48.3 Å². The van der Waals surface area contributed by atoms with Crippen LogP contribution in [-0.4, -0.2) is 51.2 Å². The molecule has 1 aliphatic carbocycles. The van der Waals surface area contributed by atoms with Gasteiger partial charge < -0.3 is 10.3 Å². The van der Waals surface area contributed by atoms with E-state index in [9.17, 15) is 0 Å². The molecule has 3 N–H and O–H groups in total. The van der Waals surface area contributed by atoms with Crippen molar-refractivity contribution in [1.82, 2.24) is 50.0 Å². The zero-order chi connectivity index (χ0) is 25.5. The van der Waals surface area contributed by atoms with Gasteiger partial charge in [-0.15, -0.1) is 0 Å². The third kappa shape index (κ3) is 4.22. The second-order valence-corrected chi connectivity index (χ2v) is 10.1. The minimum atomic E-state index is 0.630. The van der Waals surface area contributed by atoms with Gasteiger partial charge in [-0.2, -0.15) is 5.10 Å². The Bertz CT molecular complexity index is 1740. The molecule has 38 heavy (non-hydrogen) atoms. The van der Waals surface area contributed by atoms with E-state index in [1.165, 1.54) is 25.7 Å². The molecule has 0 unspecified atom stereocenters. The van der Waals surface area contributed by atoms with E-state index >= 15 is 0 Å². The van der Waals surface area contributed by atoms with E-state index in [2.05, 4.69) is 41.5 Å². The molecular formula is C28H28N10. The monoisotopic (exact) mass is 504 g/mol. The smallest absolute Gasteiger partial charge is 0.166 e. The Balaban J connectivity index is 1.20. The van der Waals surface area contributed by atoms with Crippen LogP contribution in [0.3, 0.4) is 0 Å². The first-order valence-corrected chi connectivity index (χ1v) is 13.1. The first-order chi connectivity index (χ1) is 18.7. The molecule has 190 valence electrons. The summed E-state index contributed by atoms with van der Waals surface area (Å²) in [6, 6.07) is 8.07. The molecule has 10 heteroatoms. The molecular weight excluding hydrogens is 476 g/mol. The highest BCUT2D eigenvalue weighted by Crippen LogP contribution is 2.29. The number of aromatic amines is 2. The highest BCUT2D eigenvalue weighted by Gasteiger charge is 2.18. The molecule has 0 saturated heterocycles. The Morgan fingerprint density at radius 1 is 1.03 bits per heavy atom. The van der Waals surface area contributed by atoms with Crippen molar-refractivity contribution in [3.8, 4) is 28.6 Å². The molecule has 10 nitrogen and oxygen atoms in total. The van der Waals surface area contributed by atoms with Gasteiger partial charge in [0.15, 0.2) is 17.3 Å².